The molecule has 0 aromatic heterocycles. The summed E-state index contributed by atoms with van der Waals surface area (Å²) in [6.45, 7) is -0.208. The van der Waals surface area contributed by atoms with Crippen LogP contribution in [0.2, 0.25) is 0 Å². The van der Waals surface area contributed by atoms with Crippen molar-refractivity contribution in [2.24, 2.45) is 0 Å². The van der Waals surface area contributed by atoms with Gasteiger partial charge in [0.15, 0.2) is 6.29 Å². The van der Waals surface area contributed by atoms with Gasteiger partial charge in [-0.25, -0.2) is 0 Å². The molecule has 0 amide bonds. The van der Waals surface area contributed by atoms with Crippen LogP contribution in [0.3, 0.4) is 0 Å². The molecule has 1 atom stereocenters. The summed E-state index contributed by atoms with van der Waals surface area (Å²) in [5, 5.41) is 17.4. The Morgan fingerprint density at radius 2 is 1.73 bits per heavy atom. The first kappa shape index (κ1) is 10.8. The third-order valence-electron chi connectivity index (χ3n) is 1.47. The third kappa shape index (κ3) is 5.15. The fraction of sp³-hybridized carbons (Fsp3) is 1.00. The lowest BCUT2D eigenvalue weighted by atomic mass is 10.2. The van der Waals surface area contributed by atoms with Crippen molar-refractivity contribution in [3.05, 3.63) is 0 Å². The molecule has 0 aliphatic carbocycles. The first-order valence-corrected chi connectivity index (χ1v) is 3.59. The Labute approximate surface area is 66.7 Å². The van der Waals surface area contributed by atoms with Gasteiger partial charge in [-0.05, 0) is 6.42 Å². The molecule has 0 saturated heterocycles. The molecular formula is C7H16O4. The molecule has 0 bridgehead atoms. The molecule has 0 aliphatic rings. The Morgan fingerprint density at radius 3 is 2.09 bits per heavy atom. The number of aliphatic hydroxyl groups is 2. The number of methoxy groups -OCH3 is 2. The van der Waals surface area contributed by atoms with Crippen molar-refractivity contribution in [2.75, 3.05) is 20.8 Å². The van der Waals surface area contributed by atoms with Crippen molar-refractivity contribution < 1.29 is 19.7 Å². The van der Waals surface area contributed by atoms with Crippen molar-refractivity contribution in [1.82, 2.24) is 0 Å². The summed E-state index contributed by atoms with van der Waals surface area (Å²) >= 11 is 0. The maximum absolute atomic E-state index is 8.94. The van der Waals surface area contributed by atoms with E-state index in [0.29, 0.717) is 12.8 Å². The Morgan fingerprint density at radius 1 is 1.18 bits per heavy atom. The van der Waals surface area contributed by atoms with Crippen molar-refractivity contribution in [1.29, 1.82) is 0 Å². The normalized spacial score (nSPS) is 13.9. The molecule has 0 fully saturated rings. The van der Waals surface area contributed by atoms with Crippen LogP contribution in [0.4, 0.5) is 0 Å². The molecule has 0 heterocycles. The molecule has 0 aromatic carbocycles. The summed E-state index contributed by atoms with van der Waals surface area (Å²) < 4.78 is 9.76. The Balaban J connectivity index is 3.34. The average Bonchev–Trinajstić information content (AvgIpc) is 2.06. The maximum atomic E-state index is 8.94. The fourth-order valence-electron chi connectivity index (χ4n) is 0.752. The lowest BCUT2D eigenvalue weighted by Gasteiger charge is -2.14. The van der Waals surface area contributed by atoms with Gasteiger partial charge < -0.3 is 19.7 Å². The van der Waals surface area contributed by atoms with Gasteiger partial charge in [0, 0.05) is 20.6 Å². The van der Waals surface area contributed by atoms with E-state index in [4.69, 9.17) is 19.7 Å². The average molecular weight is 164 g/mol. The van der Waals surface area contributed by atoms with Crippen molar-refractivity contribution in [3.8, 4) is 0 Å². The summed E-state index contributed by atoms with van der Waals surface area (Å²) in [4.78, 5) is 0. The van der Waals surface area contributed by atoms with E-state index in [1.807, 2.05) is 0 Å². The molecular weight excluding hydrogens is 148 g/mol. The van der Waals surface area contributed by atoms with Crippen molar-refractivity contribution in [2.45, 2.75) is 25.2 Å². The van der Waals surface area contributed by atoms with E-state index in [9.17, 15) is 0 Å². The Bertz CT molecular complexity index is 82.5. The summed E-state index contributed by atoms with van der Waals surface area (Å²) in [6.07, 6.45) is 0.136. The molecule has 0 radical (unpaired) electrons. The minimum Gasteiger partial charge on any atom is -0.394 e. The molecule has 0 rings (SSSR count). The molecule has 1 unspecified atom stereocenters. The van der Waals surface area contributed by atoms with Crippen LogP contribution in [0, 0.1) is 0 Å². The van der Waals surface area contributed by atoms with Crippen LogP contribution in [-0.2, 0) is 9.47 Å². The number of hydrogen-bond donors (Lipinski definition) is 2. The molecule has 68 valence electrons. The second-order valence-electron chi connectivity index (χ2n) is 2.31. The zero-order chi connectivity index (χ0) is 8.69. The van der Waals surface area contributed by atoms with E-state index >= 15 is 0 Å². The highest BCUT2D eigenvalue weighted by Gasteiger charge is 2.08. The highest BCUT2D eigenvalue weighted by atomic mass is 16.7. The summed E-state index contributed by atoms with van der Waals surface area (Å²) in [6, 6.07) is 0. The van der Waals surface area contributed by atoms with Gasteiger partial charge >= 0.3 is 0 Å². The van der Waals surface area contributed by atoms with E-state index < -0.39 is 6.10 Å². The van der Waals surface area contributed by atoms with E-state index in [0.717, 1.165) is 0 Å². The zero-order valence-corrected chi connectivity index (χ0v) is 6.99. The summed E-state index contributed by atoms with van der Waals surface area (Å²) in [5.74, 6) is 0. The van der Waals surface area contributed by atoms with E-state index in [-0.39, 0.29) is 12.9 Å². The van der Waals surface area contributed by atoms with E-state index in [1.54, 1.807) is 14.2 Å². The van der Waals surface area contributed by atoms with Gasteiger partial charge in [0.25, 0.3) is 0 Å². The molecule has 0 saturated carbocycles. The van der Waals surface area contributed by atoms with Crippen LogP contribution in [0.15, 0.2) is 0 Å². The zero-order valence-electron chi connectivity index (χ0n) is 6.99. The third-order valence-corrected chi connectivity index (χ3v) is 1.47. The lowest BCUT2D eigenvalue weighted by Crippen LogP contribution is -2.18. The minimum atomic E-state index is -0.664. The monoisotopic (exact) mass is 164 g/mol. The standard InChI is InChI=1S/C7H16O4/c1-10-7(11-2)4-3-6(9)5-8/h6-9H,3-5H2,1-2H3. The van der Waals surface area contributed by atoms with E-state index in [2.05, 4.69) is 0 Å². The highest BCUT2D eigenvalue weighted by molar-refractivity contribution is 4.54. The SMILES string of the molecule is COC(CCC(O)CO)OC. The molecule has 0 aliphatic heterocycles. The largest absolute Gasteiger partial charge is 0.394 e. The minimum absolute atomic E-state index is 0.208. The van der Waals surface area contributed by atoms with E-state index in [1.165, 1.54) is 0 Å². The lowest BCUT2D eigenvalue weighted by molar-refractivity contribution is -0.111. The molecule has 11 heavy (non-hydrogen) atoms. The van der Waals surface area contributed by atoms with Crippen LogP contribution >= 0.6 is 0 Å². The second kappa shape index (κ2) is 6.54. The topological polar surface area (TPSA) is 58.9 Å². The number of hydrogen-bond acceptors (Lipinski definition) is 4. The predicted octanol–water partition coefficient (Wildman–Crippen LogP) is -0.261. The number of rotatable bonds is 6. The quantitative estimate of drug-likeness (QED) is 0.531. The first-order chi connectivity index (χ1) is 5.24. The van der Waals surface area contributed by atoms with Gasteiger partial charge in [-0.1, -0.05) is 0 Å². The molecule has 0 aromatic rings. The Kier molecular flexibility index (Phi) is 6.45. The van der Waals surface area contributed by atoms with Gasteiger partial charge in [0.05, 0.1) is 12.7 Å². The van der Waals surface area contributed by atoms with Gasteiger partial charge in [-0.3, -0.25) is 0 Å². The van der Waals surface area contributed by atoms with Crippen molar-refractivity contribution in [3.63, 3.8) is 0 Å². The first-order valence-electron chi connectivity index (χ1n) is 3.59. The van der Waals surface area contributed by atoms with Gasteiger partial charge in [0.2, 0.25) is 0 Å². The maximum Gasteiger partial charge on any atom is 0.156 e. The molecule has 2 N–H and O–H groups in total. The van der Waals surface area contributed by atoms with Crippen LogP contribution in [0.25, 0.3) is 0 Å². The predicted molar refractivity (Wildman–Crippen MR) is 40.1 cm³/mol. The number of aliphatic hydroxyl groups excluding tert-OH is 2. The Hall–Kier alpha value is -0.160. The number of ether oxygens (including phenoxy) is 2. The van der Waals surface area contributed by atoms with Crippen LogP contribution in [0.5, 0.6) is 0 Å². The van der Waals surface area contributed by atoms with Crippen molar-refractivity contribution >= 4 is 0 Å². The van der Waals surface area contributed by atoms with Gasteiger partial charge in [-0.15, -0.1) is 0 Å². The molecule has 0 spiro atoms. The van der Waals surface area contributed by atoms with Gasteiger partial charge in [0.1, 0.15) is 0 Å². The summed E-state index contributed by atoms with van der Waals surface area (Å²) in [7, 11) is 3.08. The fourth-order valence-corrected chi connectivity index (χ4v) is 0.752. The van der Waals surface area contributed by atoms with Crippen LogP contribution < -0.4 is 0 Å². The molecule has 4 heteroatoms. The second-order valence-corrected chi connectivity index (χ2v) is 2.31. The smallest absolute Gasteiger partial charge is 0.156 e. The van der Waals surface area contributed by atoms with Gasteiger partial charge in [-0.2, -0.15) is 0 Å². The van der Waals surface area contributed by atoms with Crippen LogP contribution in [0.1, 0.15) is 12.8 Å². The molecule has 4 nitrogen and oxygen atoms in total. The van der Waals surface area contributed by atoms with Crippen LogP contribution in [-0.4, -0.2) is 43.4 Å². The highest BCUT2D eigenvalue weighted by Crippen LogP contribution is 2.04. The summed E-state index contributed by atoms with van der Waals surface area (Å²) in [5.41, 5.74) is 0.